The predicted octanol–water partition coefficient (Wildman–Crippen LogP) is 4.85. The van der Waals surface area contributed by atoms with Gasteiger partial charge in [-0.1, -0.05) is 29.5 Å². The number of benzene rings is 2. The lowest BCUT2D eigenvalue weighted by molar-refractivity contribution is -0.117. The van der Waals surface area contributed by atoms with Crippen LogP contribution in [-0.2, 0) is 4.79 Å². The zero-order valence-electron chi connectivity index (χ0n) is 16.7. The molecule has 3 heterocycles. The number of nitrogens with zero attached hydrogens (tertiary/aromatic N) is 2. The van der Waals surface area contributed by atoms with Gasteiger partial charge in [0.1, 0.15) is 11.5 Å². The summed E-state index contributed by atoms with van der Waals surface area (Å²) in [5.41, 5.74) is 1.22. The van der Waals surface area contributed by atoms with Gasteiger partial charge in [-0.2, -0.15) is 0 Å². The van der Waals surface area contributed by atoms with Crippen molar-refractivity contribution < 1.29 is 24.5 Å². The first-order valence-electron chi connectivity index (χ1n) is 9.56. The monoisotopic (exact) mass is 464 g/mol. The highest BCUT2D eigenvalue weighted by Crippen LogP contribution is 2.45. The molecule has 1 aliphatic rings. The van der Waals surface area contributed by atoms with Crippen molar-refractivity contribution in [1.82, 2.24) is 4.98 Å². The number of carbonyl (C=O) groups is 2. The summed E-state index contributed by atoms with van der Waals surface area (Å²) < 4.78 is 6.07. The number of aliphatic hydroxyl groups excluding tert-OH is 1. The number of phenols is 1. The van der Waals surface area contributed by atoms with Crippen molar-refractivity contribution in [2.75, 3.05) is 12.0 Å². The van der Waals surface area contributed by atoms with Gasteiger partial charge in [0.15, 0.2) is 10.9 Å². The molecular formula is C23H16N2O5S2. The smallest absolute Gasteiger partial charge is 0.296 e. The molecule has 0 spiro atoms. The van der Waals surface area contributed by atoms with E-state index in [4.69, 9.17) is 4.74 Å². The fourth-order valence-electron chi connectivity index (χ4n) is 3.67. The molecule has 2 aromatic carbocycles. The topological polar surface area (TPSA) is 100.0 Å². The fraction of sp³-hybridized carbons (Fsp3) is 0.0870. The van der Waals surface area contributed by atoms with Crippen molar-refractivity contribution >= 4 is 49.7 Å². The normalized spacial score (nSPS) is 16.2. The molecule has 1 unspecified atom stereocenters. The third kappa shape index (κ3) is 3.22. The van der Waals surface area contributed by atoms with Crippen LogP contribution in [0.15, 0.2) is 71.3 Å². The van der Waals surface area contributed by atoms with Crippen LogP contribution in [0.1, 0.15) is 21.3 Å². The average molecular weight is 465 g/mol. The fourth-order valence-corrected chi connectivity index (χ4v) is 5.37. The number of hydrogen-bond donors (Lipinski definition) is 2. The highest BCUT2D eigenvalue weighted by molar-refractivity contribution is 7.22. The molecule has 2 N–H and O–H groups in total. The number of carbonyl (C=O) groups excluding carboxylic acids is 2. The number of phenolic OH excluding ortho intramolecular Hbond substituents is 1. The van der Waals surface area contributed by atoms with E-state index in [9.17, 15) is 19.8 Å². The molecule has 0 saturated heterocycles. The summed E-state index contributed by atoms with van der Waals surface area (Å²) in [6, 6.07) is 14.1. The quantitative estimate of drug-likeness (QED) is 0.410. The van der Waals surface area contributed by atoms with Gasteiger partial charge < -0.3 is 14.9 Å². The molecule has 0 aliphatic carbocycles. The van der Waals surface area contributed by atoms with Gasteiger partial charge in [-0.3, -0.25) is 14.5 Å². The molecule has 7 nitrogen and oxygen atoms in total. The van der Waals surface area contributed by atoms with E-state index in [0.29, 0.717) is 26.8 Å². The van der Waals surface area contributed by atoms with Crippen molar-refractivity contribution in [2.45, 2.75) is 6.04 Å². The van der Waals surface area contributed by atoms with Crippen LogP contribution < -0.4 is 9.64 Å². The van der Waals surface area contributed by atoms with Crippen molar-refractivity contribution in [2.24, 2.45) is 0 Å². The molecule has 2 aromatic heterocycles. The van der Waals surface area contributed by atoms with E-state index in [2.05, 4.69) is 4.98 Å². The van der Waals surface area contributed by atoms with Crippen molar-refractivity contribution in [3.05, 3.63) is 81.8 Å². The van der Waals surface area contributed by atoms with E-state index in [1.165, 1.54) is 39.7 Å². The van der Waals surface area contributed by atoms with Gasteiger partial charge >= 0.3 is 0 Å². The molecule has 5 rings (SSSR count). The Kier molecular flexibility index (Phi) is 4.91. The molecule has 0 saturated carbocycles. The molecule has 160 valence electrons. The number of thiophene rings is 1. The lowest BCUT2D eigenvalue weighted by Gasteiger charge is -2.24. The Balaban J connectivity index is 1.67. The summed E-state index contributed by atoms with van der Waals surface area (Å²) in [5.74, 6) is -1.01. The molecule has 1 atom stereocenters. The number of rotatable bonds is 5. The van der Waals surface area contributed by atoms with Gasteiger partial charge in [0.05, 0.1) is 33.8 Å². The second-order valence-electron chi connectivity index (χ2n) is 7.07. The lowest BCUT2D eigenvalue weighted by atomic mass is 9.95. The number of anilines is 1. The highest BCUT2D eigenvalue weighted by atomic mass is 32.1. The number of fused-ring (bicyclic) bond motifs is 1. The van der Waals surface area contributed by atoms with Crippen molar-refractivity contribution in [1.29, 1.82) is 0 Å². The molecule has 0 fully saturated rings. The Morgan fingerprint density at radius 3 is 2.59 bits per heavy atom. The van der Waals surface area contributed by atoms with Crippen LogP contribution >= 0.6 is 22.7 Å². The number of aliphatic hydroxyl groups is 1. The highest BCUT2D eigenvalue weighted by Gasteiger charge is 2.46. The average Bonchev–Trinajstić information content (AvgIpc) is 3.52. The van der Waals surface area contributed by atoms with E-state index >= 15 is 0 Å². The van der Waals surface area contributed by atoms with E-state index in [1.54, 1.807) is 48.9 Å². The van der Waals surface area contributed by atoms with Gasteiger partial charge in [-0.05, 0) is 47.3 Å². The first kappa shape index (κ1) is 20.2. The summed E-state index contributed by atoms with van der Waals surface area (Å²) in [4.78, 5) is 32.8. The Morgan fingerprint density at radius 1 is 1.12 bits per heavy atom. The van der Waals surface area contributed by atoms with Crippen molar-refractivity contribution in [3.8, 4) is 11.5 Å². The summed E-state index contributed by atoms with van der Waals surface area (Å²) in [6.07, 6.45) is 0. The van der Waals surface area contributed by atoms with Gasteiger partial charge in [-0.25, -0.2) is 4.98 Å². The molecule has 0 bridgehead atoms. The van der Waals surface area contributed by atoms with E-state index in [0.717, 1.165) is 4.70 Å². The van der Waals surface area contributed by atoms with Crippen LogP contribution in [0, 0.1) is 0 Å². The first-order chi connectivity index (χ1) is 15.5. The van der Waals surface area contributed by atoms with Crippen LogP contribution in [0.3, 0.4) is 0 Å². The maximum atomic E-state index is 13.3. The van der Waals surface area contributed by atoms with Gasteiger partial charge in [0.25, 0.3) is 5.91 Å². The summed E-state index contributed by atoms with van der Waals surface area (Å²) in [6.45, 7) is 0. The van der Waals surface area contributed by atoms with Crippen LogP contribution in [0.25, 0.3) is 10.2 Å². The van der Waals surface area contributed by atoms with Crippen molar-refractivity contribution in [3.63, 3.8) is 0 Å². The summed E-state index contributed by atoms with van der Waals surface area (Å²) in [5, 5.41) is 22.6. The lowest BCUT2D eigenvalue weighted by Crippen LogP contribution is -2.30. The number of ether oxygens (including phenoxy) is 1. The number of amides is 1. The second kappa shape index (κ2) is 7.77. The van der Waals surface area contributed by atoms with Crippen LogP contribution in [0.4, 0.5) is 5.13 Å². The Labute approximate surface area is 190 Å². The Morgan fingerprint density at radius 2 is 1.91 bits per heavy atom. The molecule has 0 radical (unpaired) electrons. The third-order valence-corrected chi connectivity index (χ3v) is 7.08. The van der Waals surface area contributed by atoms with Crippen LogP contribution in [0.5, 0.6) is 11.5 Å². The Hall–Kier alpha value is -3.69. The largest absolute Gasteiger partial charge is 0.508 e. The number of aromatic hydroxyl groups is 1. The predicted molar refractivity (Wildman–Crippen MR) is 123 cm³/mol. The molecular weight excluding hydrogens is 448 g/mol. The van der Waals surface area contributed by atoms with E-state index < -0.39 is 23.5 Å². The summed E-state index contributed by atoms with van der Waals surface area (Å²) >= 11 is 2.49. The van der Waals surface area contributed by atoms with Crippen LogP contribution in [0.2, 0.25) is 0 Å². The second-order valence-corrected chi connectivity index (χ2v) is 9.02. The Bertz CT molecular complexity index is 1370. The molecule has 4 aromatic rings. The van der Waals surface area contributed by atoms with Gasteiger partial charge in [0, 0.05) is 0 Å². The number of methoxy groups -OCH3 is 1. The standard InChI is InChI=1S/C23H16N2O5S2/c1-30-14-8-9-15-17(11-14)32-23(24-15)25-19(12-4-6-13(26)7-5-12)18(21(28)22(25)29)20(27)16-3-2-10-31-16/h2-11,19,26,28H,1H3. The minimum atomic E-state index is -0.889. The molecule has 9 heteroatoms. The maximum absolute atomic E-state index is 13.3. The SMILES string of the molecule is COc1ccc2nc(N3C(=O)C(O)=C(C(=O)c4cccs4)C3c3ccc(O)cc3)sc2c1. The van der Waals surface area contributed by atoms with E-state index in [-0.39, 0.29) is 11.3 Å². The van der Waals surface area contributed by atoms with Gasteiger partial charge in [0.2, 0.25) is 5.78 Å². The minimum Gasteiger partial charge on any atom is -0.508 e. The first-order valence-corrected chi connectivity index (χ1v) is 11.3. The zero-order valence-corrected chi connectivity index (χ0v) is 18.3. The van der Waals surface area contributed by atoms with Gasteiger partial charge in [-0.15, -0.1) is 11.3 Å². The van der Waals surface area contributed by atoms with Crippen LogP contribution in [-0.4, -0.2) is 34.0 Å². The molecule has 1 aliphatic heterocycles. The number of Topliss-reactive ketones (excluding diaryl/α,β-unsaturated/α-hetero) is 1. The molecule has 32 heavy (non-hydrogen) atoms. The summed E-state index contributed by atoms with van der Waals surface area (Å²) in [7, 11) is 1.57. The third-order valence-electron chi connectivity index (χ3n) is 5.20. The molecule has 1 amide bonds. The zero-order chi connectivity index (χ0) is 22.4. The number of ketones is 1. The van der Waals surface area contributed by atoms with E-state index in [1.807, 2.05) is 6.07 Å². The number of thiazole rings is 1. The number of aromatic nitrogens is 1. The maximum Gasteiger partial charge on any atom is 0.296 e. The number of hydrogen-bond acceptors (Lipinski definition) is 8. The minimum absolute atomic E-state index is 0.0139.